The lowest BCUT2D eigenvalue weighted by atomic mass is 10.0. The van der Waals surface area contributed by atoms with Crippen LogP contribution in [0.15, 0.2) is 48.5 Å². The summed E-state index contributed by atoms with van der Waals surface area (Å²) in [7, 11) is 0. The number of phenols is 1. The van der Waals surface area contributed by atoms with Gasteiger partial charge in [-0.25, -0.2) is 0 Å². The fourth-order valence-corrected chi connectivity index (χ4v) is 2.15. The highest BCUT2D eigenvalue weighted by atomic mass is 16.3. The van der Waals surface area contributed by atoms with E-state index in [-0.39, 0.29) is 11.8 Å². The first-order valence-electron chi connectivity index (χ1n) is 6.56. The Kier molecular flexibility index (Phi) is 4.25. The van der Waals surface area contributed by atoms with E-state index in [2.05, 4.69) is 5.32 Å². The van der Waals surface area contributed by atoms with Crippen LogP contribution in [0.1, 0.15) is 35.3 Å². The lowest BCUT2D eigenvalue weighted by Gasteiger charge is -2.20. The molecule has 0 saturated heterocycles. The molecule has 0 saturated carbocycles. The number of amides is 1. The second kappa shape index (κ2) is 6.10. The third-order valence-corrected chi connectivity index (χ3v) is 3.21. The van der Waals surface area contributed by atoms with Gasteiger partial charge in [-0.15, -0.1) is 0 Å². The molecule has 0 aliphatic rings. The molecule has 0 radical (unpaired) electrons. The van der Waals surface area contributed by atoms with Gasteiger partial charge in [-0.2, -0.15) is 0 Å². The minimum Gasteiger partial charge on any atom is -0.508 e. The van der Waals surface area contributed by atoms with Crippen LogP contribution in [-0.4, -0.2) is 11.0 Å². The molecule has 0 spiro atoms. The minimum atomic E-state index is -0.454. The standard InChI is InChI=1S/C16H18N2O2/c1-2-14(13-8-3-4-9-15(13)19)18-12-7-5-6-11(10-12)16(17)20/h3-10,14,18-19H,2H2,1H3,(H2,17,20). The number of carbonyl (C=O) groups excluding carboxylic acids is 1. The molecule has 0 fully saturated rings. The van der Waals surface area contributed by atoms with E-state index < -0.39 is 5.91 Å². The fourth-order valence-electron chi connectivity index (χ4n) is 2.15. The van der Waals surface area contributed by atoms with Crippen LogP contribution in [0.5, 0.6) is 5.75 Å². The van der Waals surface area contributed by atoms with Crippen LogP contribution in [-0.2, 0) is 0 Å². The number of carbonyl (C=O) groups is 1. The topological polar surface area (TPSA) is 75.3 Å². The summed E-state index contributed by atoms with van der Waals surface area (Å²) in [6, 6.07) is 14.2. The molecule has 1 atom stereocenters. The largest absolute Gasteiger partial charge is 0.508 e. The van der Waals surface area contributed by atoms with Gasteiger partial charge in [-0.05, 0) is 30.7 Å². The van der Waals surface area contributed by atoms with Gasteiger partial charge in [-0.3, -0.25) is 4.79 Å². The summed E-state index contributed by atoms with van der Waals surface area (Å²) in [6.45, 7) is 2.03. The van der Waals surface area contributed by atoms with Crippen LogP contribution in [0.3, 0.4) is 0 Å². The monoisotopic (exact) mass is 270 g/mol. The molecule has 2 aromatic rings. The Bertz CT molecular complexity index is 611. The van der Waals surface area contributed by atoms with Crippen LogP contribution in [0.4, 0.5) is 5.69 Å². The van der Waals surface area contributed by atoms with Gasteiger partial charge in [0.15, 0.2) is 0 Å². The molecule has 1 amide bonds. The molecule has 0 heterocycles. The zero-order valence-electron chi connectivity index (χ0n) is 11.3. The second-order valence-electron chi connectivity index (χ2n) is 4.61. The Balaban J connectivity index is 2.25. The summed E-state index contributed by atoms with van der Waals surface area (Å²) in [5.41, 5.74) is 7.37. The van der Waals surface area contributed by atoms with E-state index in [0.29, 0.717) is 5.56 Å². The molecule has 4 heteroatoms. The Morgan fingerprint density at radius 3 is 2.65 bits per heavy atom. The van der Waals surface area contributed by atoms with Crippen molar-refractivity contribution >= 4 is 11.6 Å². The number of hydrogen-bond acceptors (Lipinski definition) is 3. The van der Waals surface area contributed by atoms with Gasteiger partial charge in [0.25, 0.3) is 0 Å². The zero-order valence-corrected chi connectivity index (χ0v) is 11.3. The van der Waals surface area contributed by atoms with Crippen molar-refractivity contribution in [2.45, 2.75) is 19.4 Å². The van der Waals surface area contributed by atoms with Gasteiger partial charge >= 0.3 is 0 Å². The maximum Gasteiger partial charge on any atom is 0.248 e. The van der Waals surface area contributed by atoms with Crippen molar-refractivity contribution in [3.63, 3.8) is 0 Å². The third kappa shape index (κ3) is 3.09. The molecular formula is C16H18N2O2. The van der Waals surface area contributed by atoms with E-state index in [1.165, 1.54) is 0 Å². The minimum absolute atomic E-state index is 0.0284. The summed E-state index contributed by atoms with van der Waals surface area (Å²) < 4.78 is 0. The van der Waals surface area contributed by atoms with E-state index in [1.807, 2.05) is 25.1 Å². The number of anilines is 1. The molecule has 0 aliphatic heterocycles. The molecule has 104 valence electrons. The Morgan fingerprint density at radius 1 is 1.25 bits per heavy atom. The van der Waals surface area contributed by atoms with Crippen LogP contribution in [0.25, 0.3) is 0 Å². The number of rotatable bonds is 5. The Hall–Kier alpha value is -2.49. The van der Waals surface area contributed by atoms with E-state index in [1.54, 1.807) is 30.3 Å². The lowest BCUT2D eigenvalue weighted by Crippen LogP contribution is -2.13. The molecular weight excluding hydrogens is 252 g/mol. The maximum atomic E-state index is 11.2. The SMILES string of the molecule is CCC(Nc1cccc(C(N)=O)c1)c1ccccc1O. The highest BCUT2D eigenvalue weighted by Gasteiger charge is 2.13. The molecule has 20 heavy (non-hydrogen) atoms. The number of para-hydroxylation sites is 1. The van der Waals surface area contributed by atoms with Gasteiger partial charge in [0.1, 0.15) is 5.75 Å². The number of benzene rings is 2. The second-order valence-corrected chi connectivity index (χ2v) is 4.61. The number of hydrogen-bond donors (Lipinski definition) is 3. The van der Waals surface area contributed by atoms with Crippen LogP contribution < -0.4 is 11.1 Å². The summed E-state index contributed by atoms with van der Waals surface area (Å²) >= 11 is 0. The van der Waals surface area contributed by atoms with Crippen molar-refractivity contribution in [1.29, 1.82) is 0 Å². The molecule has 2 aromatic carbocycles. The van der Waals surface area contributed by atoms with Crippen LogP contribution >= 0.6 is 0 Å². The molecule has 1 unspecified atom stereocenters. The fraction of sp³-hybridized carbons (Fsp3) is 0.188. The van der Waals surface area contributed by atoms with E-state index in [4.69, 9.17) is 5.73 Å². The zero-order chi connectivity index (χ0) is 14.5. The van der Waals surface area contributed by atoms with Crippen molar-refractivity contribution < 1.29 is 9.90 Å². The number of primary amides is 1. The van der Waals surface area contributed by atoms with Crippen LogP contribution in [0, 0.1) is 0 Å². The van der Waals surface area contributed by atoms with Gasteiger partial charge < -0.3 is 16.2 Å². The normalized spacial score (nSPS) is 11.8. The molecule has 4 nitrogen and oxygen atoms in total. The van der Waals surface area contributed by atoms with Gasteiger partial charge in [0.05, 0.1) is 6.04 Å². The van der Waals surface area contributed by atoms with Crippen molar-refractivity contribution in [2.24, 2.45) is 5.73 Å². The Morgan fingerprint density at radius 2 is 2.00 bits per heavy atom. The maximum absolute atomic E-state index is 11.2. The smallest absolute Gasteiger partial charge is 0.248 e. The summed E-state index contributed by atoms with van der Waals surface area (Å²) in [4.78, 5) is 11.2. The van der Waals surface area contributed by atoms with E-state index >= 15 is 0 Å². The van der Waals surface area contributed by atoms with Gasteiger partial charge in [0.2, 0.25) is 5.91 Å². The van der Waals surface area contributed by atoms with Gasteiger partial charge in [-0.1, -0.05) is 31.2 Å². The van der Waals surface area contributed by atoms with E-state index in [9.17, 15) is 9.90 Å². The van der Waals surface area contributed by atoms with Crippen molar-refractivity contribution in [1.82, 2.24) is 0 Å². The average molecular weight is 270 g/mol. The molecule has 2 rings (SSSR count). The molecule has 0 bridgehead atoms. The van der Waals surface area contributed by atoms with Gasteiger partial charge in [0, 0.05) is 16.8 Å². The number of aromatic hydroxyl groups is 1. The third-order valence-electron chi connectivity index (χ3n) is 3.21. The number of phenolic OH excluding ortho intramolecular Hbond substituents is 1. The first-order valence-corrected chi connectivity index (χ1v) is 6.56. The number of nitrogens with two attached hydrogens (primary N) is 1. The summed E-state index contributed by atoms with van der Waals surface area (Å²) in [5, 5.41) is 13.2. The lowest BCUT2D eigenvalue weighted by molar-refractivity contribution is 0.100. The predicted molar refractivity (Wildman–Crippen MR) is 79.7 cm³/mol. The highest BCUT2D eigenvalue weighted by molar-refractivity contribution is 5.93. The molecule has 4 N–H and O–H groups in total. The highest BCUT2D eigenvalue weighted by Crippen LogP contribution is 2.29. The van der Waals surface area contributed by atoms with Crippen LogP contribution in [0.2, 0.25) is 0 Å². The summed E-state index contributed by atoms with van der Waals surface area (Å²) in [5.74, 6) is -0.192. The van der Waals surface area contributed by atoms with Crippen molar-refractivity contribution in [3.8, 4) is 5.75 Å². The quantitative estimate of drug-likeness (QED) is 0.781. The van der Waals surface area contributed by atoms with Crippen molar-refractivity contribution in [3.05, 3.63) is 59.7 Å². The summed E-state index contributed by atoms with van der Waals surface area (Å²) in [6.07, 6.45) is 0.804. The average Bonchev–Trinajstić information content (AvgIpc) is 2.46. The van der Waals surface area contributed by atoms with E-state index in [0.717, 1.165) is 17.7 Å². The predicted octanol–water partition coefficient (Wildman–Crippen LogP) is 3.05. The number of nitrogens with one attached hydrogen (secondary N) is 1. The first-order chi connectivity index (χ1) is 9.61. The van der Waals surface area contributed by atoms with Crippen molar-refractivity contribution in [2.75, 3.05) is 5.32 Å². The Labute approximate surface area is 118 Å². The molecule has 0 aliphatic carbocycles. The first kappa shape index (κ1) is 13.9. The molecule has 0 aromatic heterocycles.